The molecular weight excluding hydrogens is 402 g/mol. The zero-order valence-electron chi connectivity index (χ0n) is 16.2. The molecule has 148 valence electrons. The van der Waals surface area contributed by atoms with E-state index in [1.54, 1.807) is 28.3 Å². The van der Waals surface area contributed by atoms with Crippen LogP contribution < -0.4 is 10.5 Å². The first-order chi connectivity index (χ1) is 14.0. The summed E-state index contributed by atoms with van der Waals surface area (Å²) in [5.74, 6) is 0.157. The van der Waals surface area contributed by atoms with Gasteiger partial charge in [-0.15, -0.1) is 11.8 Å². The van der Waals surface area contributed by atoms with Crippen LogP contribution in [0.25, 0.3) is 5.69 Å². The van der Waals surface area contributed by atoms with E-state index in [2.05, 4.69) is 6.92 Å². The van der Waals surface area contributed by atoms with Crippen LogP contribution in [0.2, 0.25) is 0 Å². The predicted octanol–water partition coefficient (Wildman–Crippen LogP) is 4.02. The summed E-state index contributed by atoms with van der Waals surface area (Å²) in [6.45, 7) is 2.10. The number of rotatable bonds is 5. The maximum Gasteiger partial charge on any atom is 0.272 e. The molecule has 1 aromatic heterocycles. The van der Waals surface area contributed by atoms with Crippen molar-refractivity contribution in [3.8, 4) is 5.69 Å². The van der Waals surface area contributed by atoms with Gasteiger partial charge in [0.25, 0.3) is 5.56 Å². The second-order valence-electron chi connectivity index (χ2n) is 6.86. The Balaban J connectivity index is 1.65. The molecule has 4 rings (SSSR count). The lowest BCUT2D eigenvalue weighted by molar-refractivity contribution is -0.115. The van der Waals surface area contributed by atoms with Crippen molar-refractivity contribution in [1.82, 2.24) is 9.55 Å². The van der Waals surface area contributed by atoms with E-state index >= 15 is 0 Å². The minimum absolute atomic E-state index is 0.0432. The van der Waals surface area contributed by atoms with Crippen molar-refractivity contribution in [2.75, 3.05) is 17.7 Å². The summed E-state index contributed by atoms with van der Waals surface area (Å²) < 4.78 is 1.63. The van der Waals surface area contributed by atoms with Gasteiger partial charge in [-0.2, -0.15) is 0 Å². The Morgan fingerprint density at radius 2 is 1.83 bits per heavy atom. The van der Waals surface area contributed by atoms with Gasteiger partial charge >= 0.3 is 0 Å². The number of aromatic nitrogens is 2. The van der Waals surface area contributed by atoms with Crippen molar-refractivity contribution < 1.29 is 4.79 Å². The van der Waals surface area contributed by atoms with Crippen LogP contribution >= 0.6 is 23.5 Å². The Morgan fingerprint density at radius 1 is 1.17 bits per heavy atom. The number of anilines is 1. The highest BCUT2D eigenvalue weighted by Gasteiger charge is 2.27. The van der Waals surface area contributed by atoms with Crippen LogP contribution in [-0.4, -0.2) is 33.5 Å². The first-order valence-electron chi connectivity index (χ1n) is 9.37. The van der Waals surface area contributed by atoms with Gasteiger partial charge in [-0.1, -0.05) is 55.1 Å². The average Bonchev–Trinajstić information content (AvgIpc) is 3.13. The zero-order valence-corrected chi connectivity index (χ0v) is 17.9. The van der Waals surface area contributed by atoms with Gasteiger partial charge in [0.2, 0.25) is 5.91 Å². The number of carbonyl (C=O) groups is 1. The van der Waals surface area contributed by atoms with Gasteiger partial charge in [-0.3, -0.25) is 14.2 Å². The summed E-state index contributed by atoms with van der Waals surface area (Å²) in [5, 5.41) is 0.894. The van der Waals surface area contributed by atoms with E-state index in [1.165, 1.54) is 11.8 Å². The largest absolute Gasteiger partial charge is 0.315 e. The van der Waals surface area contributed by atoms with Crippen LogP contribution in [0.1, 0.15) is 12.6 Å². The molecule has 5 nitrogen and oxygen atoms in total. The van der Waals surface area contributed by atoms with Gasteiger partial charge in [0.1, 0.15) is 0 Å². The molecule has 0 radical (unpaired) electrons. The molecule has 2 aromatic carbocycles. The molecule has 0 N–H and O–H groups in total. The lowest BCUT2D eigenvalue weighted by Crippen LogP contribution is -2.29. The Morgan fingerprint density at radius 3 is 2.52 bits per heavy atom. The second kappa shape index (κ2) is 8.47. The van der Waals surface area contributed by atoms with E-state index in [1.807, 2.05) is 60.7 Å². The lowest BCUT2D eigenvalue weighted by atomic mass is 10.2. The fourth-order valence-electron chi connectivity index (χ4n) is 3.22. The van der Waals surface area contributed by atoms with Crippen molar-refractivity contribution in [2.24, 2.45) is 0 Å². The minimum atomic E-state index is -0.0538. The number of thioether (sulfide) groups is 2. The molecule has 0 spiro atoms. The molecule has 1 amide bonds. The summed E-state index contributed by atoms with van der Waals surface area (Å²) in [6, 6.07) is 19.0. The van der Waals surface area contributed by atoms with E-state index in [0.717, 1.165) is 28.4 Å². The Bertz CT molecular complexity index is 1080. The SMILES string of the molecule is CC1Cc2nc(SCC(=O)N(C)c3ccccc3)n(-c3ccccc3)c(=O)c2S1. The number of para-hydroxylation sites is 2. The molecule has 29 heavy (non-hydrogen) atoms. The van der Waals surface area contributed by atoms with Gasteiger partial charge in [0, 0.05) is 24.4 Å². The molecule has 1 unspecified atom stereocenters. The smallest absolute Gasteiger partial charge is 0.272 e. The second-order valence-corrected chi connectivity index (χ2v) is 9.25. The summed E-state index contributed by atoms with van der Waals surface area (Å²) in [6.07, 6.45) is 0.774. The van der Waals surface area contributed by atoms with Crippen LogP contribution in [0.4, 0.5) is 5.69 Å². The molecule has 1 aliphatic rings. The summed E-state index contributed by atoms with van der Waals surface area (Å²) in [7, 11) is 1.76. The number of fused-ring (bicyclic) bond motifs is 1. The number of carbonyl (C=O) groups excluding carboxylic acids is 1. The molecule has 0 fully saturated rings. The number of benzene rings is 2. The molecule has 7 heteroatoms. The quantitative estimate of drug-likeness (QED) is 0.458. The van der Waals surface area contributed by atoms with Crippen molar-refractivity contribution >= 4 is 35.1 Å². The van der Waals surface area contributed by atoms with Gasteiger partial charge in [-0.05, 0) is 24.3 Å². The molecule has 1 atom stereocenters. The third-order valence-electron chi connectivity index (χ3n) is 4.74. The molecule has 0 saturated carbocycles. The highest BCUT2D eigenvalue weighted by Crippen LogP contribution is 2.34. The van der Waals surface area contributed by atoms with Gasteiger partial charge in [-0.25, -0.2) is 4.98 Å². The minimum Gasteiger partial charge on any atom is -0.315 e. The van der Waals surface area contributed by atoms with E-state index in [0.29, 0.717) is 10.4 Å². The summed E-state index contributed by atoms with van der Waals surface area (Å²) >= 11 is 2.89. The maximum absolute atomic E-state index is 13.2. The van der Waals surface area contributed by atoms with Crippen LogP contribution in [0.3, 0.4) is 0 Å². The number of hydrogen-bond acceptors (Lipinski definition) is 5. The van der Waals surface area contributed by atoms with Gasteiger partial charge in [0.15, 0.2) is 5.16 Å². The molecular formula is C22H21N3O2S2. The molecule has 0 saturated heterocycles. The maximum atomic E-state index is 13.2. The number of nitrogens with zero attached hydrogens (tertiary/aromatic N) is 3. The van der Waals surface area contributed by atoms with Crippen LogP contribution in [-0.2, 0) is 11.2 Å². The predicted molar refractivity (Wildman–Crippen MR) is 119 cm³/mol. The van der Waals surface area contributed by atoms with Crippen LogP contribution in [0.15, 0.2) is 75.5 Å². The van der Waals surface area contributed by atoms with Crippen molar-refractivity contribution in [1.29, 1.82) is 0 Å². The molecule has 0 aliphatic carbocycles. The summed E-state index contributed by atoms with van der Waals surface area (Å²) in [5.41, 5.74) is 2.39. The topological polar surface area (TPSA) is 55.2 Å². The van der Waals surface area contributed by atoms with E-state index in [-0.39, 0.29) is 17.2 Å². The molecule has 2 heterocycles. The first-order valence-corrected chi connectivity index (χ1v) is 11.2. The fraction of sp³-hybridized carbons (Fsp3) is 0.227. The first kappa shape index (κ1) is 19.8. The Labute approximate surface area is 178 Å². The van der Waals surface area contributed by atoms with Crippen molar-refractivity contribution in [3.63, 3.8) is 0 Å². The fourth-order valence-corrected chi connectivity index (χ4v) is 5.26. The standard InChI is InChI=1S/C22H21N3O2S2/c1-15-13-18-20(29-15)21(27)25(17-11-7-4-8-12-17)22(23-18)28-14-19(26)24(2)16-9-5-3-6-10-16/h3-12,15H,13-14H2,1-2H3. The Hall–Kier alpha value is -2.51. The molecule has 1 aliphatic heterocycles. The van der Waals surface area contributed by atoms with E-state index < -0.39 is 0 Å². The van der Waals surface area contributed by atoms with Crippen LogP contribution in [0, 0.1) is 0 Å². The van der Waals surface area contributed by atoms with Crippen molar-refractivity contribution in [2.45, 2.75) is 28.6 Å². The average molecular weight is 424 g/mol. The zero-order chi connectivity index (χ0) is 20.4. The number of hydrogen-bond donors (Lipinski definition) is 0. The van der Waals surface area contributed by atoms with Gasteiger partial charge in [0.05, 0.1) is 22.0 Å². The van der Waals surface area contributed by atoms with E-state index in [9.17, 15) is 9.59 Å². The van der Waals surface area contributed by atoms with Crippen molar-refractivity contribution in [3.05, 3.63) is 76.7 Å². The summed E-state index contributed by atoms with van der Waals surface area (Å²) in [4.78, 5) is 33.1. The third-order valence-corrected chi connectivity index (χ3v) is 6.88. The third kappa shape index (κ3) is 4.11. The van der Waals surface area contributed by atoms with E-state index in [4.69, 9.17) is 4.98 Å². The molecule has 3 aromatic rings. The monoisotopic (exact) mass is 423 g/mol. The Kier molecular flexibility index (Phi) is 5.78. The number of amides is 1. The van der Waals surface area contributed by atoms with Crippen LogP contribution in [0.5, 0.6) is 0 Å². The van der Waals surface area contributed by atoms with Gasteiger partial charge < -0.3 is 4.90 Å². The normalized spacial score (nSPS) is 15.2. The molecule has 0 bridgehead atoms. The highest BCUT2D eigenvalue weighted by molar-refractivity contribution is 8.00. The highest BCUT2D eigenvalue weighted by atomic mass is 32.2. The lowest BCUT2D eigenvalue weighted by Gasteiger charge is -2.18.